The van der Waals surface area contributed by atoms with Crippen molar-refractivity contribution in [1.29, 1.82) is 0 Å². The molecule has 0 saturated carbocycles. The molecule has 6 rings (SSSR count). The van der Waals surface area contributed by atoms with Crippen molar-refractivity contribution in [2.45, 2.75) is 19.4 Å². The van der Waals surface area contributed by atoms with E-state index in [1.54, 1.807) is 4.90 Å². The minimum absolute atomic E-state index is 0.0388. The highest BCUT2D eigenvalue weighted by molar-refractivity contribution is 6.10. The molecule has 0 bridgehead atoms. The number of carbonyl (C=O) groups excluding carboxylic acids is 1. The van der Waals surface area contributed by atoms with E-state index in [1.807, 2.05) is 78.9 Å². The van der Waals surface area contributed by atoms with Gasteiger partial charge in [-0.1, -0.05) is 49.4 Å². The van der Waals surface area contributed by atoms with E-state index in [0.29, 0.717) is 22.7 Å². The van der Waals surface area contributed by atoms with Gasteiger partial charge in [-0.25, -0.2) is 4.39 Å². The van der Waals surface area contributed by atoms with Gasteiger partial charge >= 0.3 is 0 Å². The van der Waals surface area contributed by atoms with Crippen LogP contribution in [0.15, 0.2) is 106 Å². The first kappa shape index (κ1) is 22.7. The van der Waals surface area contributed by atoms with Crippen LogP contribution < -0.4 is 15.1 Å². The zero-order valence-electron chi connectivity index (χ0n) is 20.0. The predicted molar refractivity (Wildman–Crippen MR) is 140 cm³/mol. The fourth-order valence-corrected chi connectivity index (χ4v) is 4.79. The first-order chi connectivity index (χ1) is 18.0. The second-order valence-electron chi connectivity index (χ2n) is 8.90. The van der Waals surface area contributed by atoms with Gasteiger partial charge in [0.2, 0.25) is 5.76 Å². The molecule has 0 saturated heterocycles. The van der Waals surface area contributed by atoms with Crippen LogP contribution in [0.3, 0.4) is 0 Å². The van der Waals surface area contributed by atoms with Crippen LogP contribution in [0.4, 0.5) is 10.1 Å². The summed E-state index contributed by atoms with van der Waals surface area (Å²) in [5.41, 5.74) is 2.33. The van der Waals surface area contributed by atoms with Crippen LogP contribution in [0.25, 0.3) is 11.0 Å². The fraction of sp³-hybridized carbons (Fsp3) is 0.0968. The van der Waals surface area contributed by atoms with Crippen LogP contribution in [0, 0.1) is 5.82 Å². The Morgan fingerprint density at radius 3 is 2.38 bits per heavy atom. The summed E-state index contributed by atoms with van der Waals surface area (Å²) in [6.45, 7) is 2.06. The zero-order chi connectivity index (χ0) is 25.5. The van der Waals surface area contributed by atoms with Crippen molar-refractivity contribution in [3.8, 4) is 11.5 Å². The largest absolute Gasteiger partial charge is 0.457 e. The fourth-order valence-electron chi connectivity index (χ4n) is 4.79. The number of hydrogen-bond donors (Lipinski definition) is 0. The molecule has 2 heterocycles. The number of ether oxygens (including phenoxy) is 1. The number of aryl methyl sites for hydroxylation is 1. The topological polar surface area (TPSA) is 59.8 Å². The Morgan fingerprint density at radius 2 is 1.62 bits per heavy atom. The molecule has 1 aliphatic heterocycles. The molecule has 1 amide bonds. The molecule has 0 aliphatic carbocycles. The zero-order valence-corrected chi connectivity index (χ0v) is 20.0. The summed E-state index contributed by atoms with van der Waals surface area (Å²) in [5, 5.41) is 0.0939. The third-order valence-electron chi connectivity index (χ3n) is 6.61. The lowest BCUT2D eigenvalue weighted by atomic mass is 9.98. The summed E-state index contributed by atoms with van der Waals surface area (Å²) in [6.07, 6.45) is 0.855. The lowest BCUT2D eigenvalue weighted by Gasteiger charge is -2.25. The monoisotopic (exact) mass is 491 g/mol. The number of nitrogens with zero attached hydrogens (tertiary/aromatic N) is 1. The number of rotatable bonds is 5. The molecule has 0 radical (unpaired) electrons. The minimum Gasteiger partial charge on any atom is -0.457 e. The normalized spacial score (nSPS) is 14.7. The lowest BCUT2D eigenvalue weighted by Crippen LogP contribution is -2.29. The van der Waals surface area contributed by atoms with Crippen LogP contribution >= 0.6 is 0 Å². The summed E-state index contributed by atoms with van der Waals surface area (Å²) >= 11 is 0. The first-order valence-electron chi connectivity index (χ1n) is 12.0. The van der Waals surface area contributed by atoms with Crippen molar-refractivity contribution in [2.24, 2.45) is 0 Å². The lowest BCUT2D eigenvalue weighted by molar-refractivity contribution is 0.0971. The predicted octanol–water partition coefficient (Wildman–Crippen LogP) is 7.04. The number of hydrogen-bond acceptors (Lipinski definition) is 4. The molecule has 0 N–H and O–H groups in total. The highest BCUT2D eigenvalue weighted by atomic mass is 19.1. The van der Waals surface area contributed by atoms with E-state index < -0.39 is 23.2 Å². The average molecular weight is 492 g/mol. The van der Waals surface area contributed by atoms with Gasteiger partial charge in [-0.2, -0.15) is 0 Å². The third-order valence-corrected chi connectivity index (χ3v) is 6.61. The number of para-hydroxylation sites is 1. The number of carbonyl (C=O) groups is 1. The number of anilines is 1. The van der Waals surface area contributed by atoms with Gasteiger partial charge in [0.1, 0.15) is 22.9 Å². The van der Waals surface area contributed by atoms with E-state index in [9.17, 15) is 14.0 Å². The molecule has 1 aromatic heterocycles. The highest BCUT2D eigenvalue weighted by Crippen LogP contribution is 2.42. The Bertz CT molecular complexity index is 1690. The van der Waals surface area contributed by atoms with Crippen molar-refractivity contribution in [1.82, 2.24) is 0 Å². The van der Waals surface area contributed by atoms with E-state index in [0.717, 1.165) is 18.1 Å². The van der Waals surface area contributed by atoms with Gasteiger partial charge in [0.25, 0.3) is 5.91 Å². The van der Waals surface area contributed by atoms with Gasteiger partial charge in [0.05, 0.1) is 17.0 Å². The van der Waals surface area contributed by atoms with Crippen molar-refractivity contribution in [3.63, 3.8) is 0 Å². The average Bonchev–Trinajstić information content (AvgIpc) is 3.22. The molecular formula is C31H22FNO4. The summed E-state index contributed by atoms with van der Waals surface area (Å²) in [6, 6.07) is 27.2. The highest BCUT2D eigenvalue weighted by Gasteiger charge is 2.43. The number of halogens is 1. The molecule has 37 heavy (non-hydrogen) atoms. The van der Waals surface area contributed by atoms with Crippen LogP contribution in [0.1, 0.15) is 40.2 Å². The van der Waals surface area contributed by atoms with Crippen molar-refractivity contribution >= 4 is 22.6 Å². The molecule has 1 unspecified atom stereocenters. The molecule has 4 aromatic carbocycles. The maximum atomic E-state index is 14.1. The van der Waals surface area contributed by atoms with E-state index in [2.05, 4.69) is 6.92 Å². The Morgan fingerprint density at radius 1 is 0.865 bits per heavy atom. The summed E-state index contributed by atoms with van der Waals surface area (Å²) in [7, 11) is 0. The van der Waals surface area contributed by atoms with Crippen LogP contribution in [-0.2, 0) is 6.42 Å². The molecule has 5 aromatic rings. The van der Waals surface area contributed by atoms with Crippen molar-refractivity contribution < 1.29 is 18.3 Å². The summed E-state index contributed by atoms with van der Waals surface area (Å²) < 4.78 is 26.0. The van der Waals surface area contributed by atoms with Crippen molar-refractivity contribution in [2.75, 3.05) is 4.90 Å². The molecule has 6 heteroatoms. The molecule has 0 spiro atoms. The first-order valence-corrected chi connectivity index (χ1v) is 12.0. The Balaban J connectivity index is 1.54. The van der Waals surface area contributed by atoms with Gasteiger partial charge in [0, 0.05) is 5.69 Å². The maximum Gasteiger partial charge on any atom is 0.295 e. The van der Waals surface area contributed by atoms with E-state index in [4.69, 9.17) is 9.15 Å². The van der Waals surface area contributed by atoms with Gasteiger partial charge in [-0.3, -0.25) is 14.5 Å². The van der Waals surface area contributed by atoms with Crippen LogP contribution in [0.5, 0.6) is 11.5 Å². The quantitative estimate of drug-likeness (QED) is 0.265. The smallest absolute Gasteiger partial charge is 0.295 e. The maximum absolute atomic E-state index is 14.1. The van der Waals surface area contributed by atoms with Crippen LogP contribution in [-0.4, -0.2) is 5.91 Å². The molecular weight excluding hydrogens is 469 g/mol. The third kappa shape index (κ3) is 3.96. The summed E-state index contributed by atoms with van der Waals surface area (Å²) in [5.74, 6) is 0.202. The number of benzene rings is 4. The number of fused-ring (bicyclic) bond motifs is 2. The van der Waals surface area contributed by atoms with Crippen molar-refractivity contribution in [3.05, 3.63) is 136 Å². The minimum atomic E-state index is -0.779. The van der Waals surface area contributed by atoms with Crippen LogP contribution in [0.2, 0.25) is 0 Å². The van der Waals surface area contributed by atoms with E-state index in [1.165, 1.54) is 12.1 Å². The van der Waals surface area contributed by atoms with E-state index >= 15 is 0 Å². The Hall–Kier alpha value is -4.71. The standard InChI is InChI=1S/C31H22FNO4/c1-2-19-11-14-22(15-12-19)33-28(20-7-6-10-24(17-20)36-23-8-4-3-5-9-23)27-29(34)25-18-21(32)13-16-26(25)37-30(27)31(33)35/h3-18,28H,2H2,1H3. The van der Waals surface area contributed by atoms with Gasteiger partial charge in [0.15, 0.2) is 5.43 Å². The Kier molecular flexibility index (Phi) is 5.57. The molecule has 1 atom stereocenters. The second kappa shape index (κ2) is 9.06. The summed E-state index contributed by atoms with van der Waals surface area (Å²) in [4.78, 5) is 29.0. The molecule has 182 valence electrons. The van der Waals surface area contributed by atoms with Gasteiger partial charge in [-0.05, 0) is 72.1 Å². The van der Waals surface area contributed by atoms with Gasteiger partial charge < -0.3 is 9.15 Å². The van der Waals surface area contributed by atoms with E-state index in [-0.39, 0.29) is 22.3 Å². The number of amides is 1. The molecule has 5 nitrogen and oxygen atoms in total. The molecule has 0 fully saturated rings. The Labute approximate surface area is 212 Å². The van der Waals surface area contributed by atoms with Gasteiger partial charge in [-0.15, -0.1) is 0 Å². The SMILES string of the molecule is CCc1ccc(N2C(=O)c3oc4ccc(F)cc4c(=O)c3C2c2cccc(Oc3ccccc3)c2)cc1. The second-order valence-corrected chi connectivity index (χ2v) is 8.90. The molecule has 1 aliphatic rings.